The monoisotopic (exact) mass is 257 g/mol. The van der Waals surface area contributed by atoms with E-state index in [9.17, 15) is 0 Å². The minimum atomic E-state index is 0.288. The highest BCUT2D eigenvalue weighted by molar-refractivity contribution is 5.43. The van der Waals surface area contributed by atoms with Crippen molar-refractivity contribution in [2.45, 2.75) is 33.0 Å². The van der Waals surface area contributed by atoms with E-state index in [2.05, 4.69) is 48.2 Å². The van der Waals surface area contributed by atoms with Crippen LogP contribution in [0.25, 0.3) is 0 Å². The molecule has 0 aliphatic carbocycles. The molecule has 2 aromatic rings. The molecule has 1 aliphatic heterocycles. The Kier molecular flexibility index (Phi) is 3.03. The fraction of sp³-hybridized carbons (Fsp3) is 0.400. The zero-order valence-electron chi connectivity index (χ0n) is 11.3. The van der Waals surface area contributed by atoms with E-state index in [0.29, 0.717) is 11.8 Å². The number of nitrogens with zero attached hydrogens (tertiary/aromatic N) is 2. The summed E-state index contributed by atoms with van der Waals surface area (Å²) in [4.78, 5) is 2.42. The Bertz CT molecular complexity index is 562. The van der Waals surface area contributed by atoms with Crippen molar-refractivity contribution in [1.29, 1.82) is 0 Å². The van der Waals surface area contributed by atoms with Crippen LogP contribution in [0.15, 0.2) is 34.9 Å². The zero-order valence-corrected chi connectivity index (χ0v) is 11.3. The SMILES string of the molecule is CC(C)C1c2noc(N)c2CN1Cc1ccccc1. The van der Waals surface area contributed by atoms with Gasteiger partial charge in [0.15, 0.2) is 0 Å². The molecule has 4 nitrogen and oxygen atoms in total. The predicted octanol–water partition coefficient (Wildman–Crippen LogP) is 2.97. The van der Waals surface area contributed by atoms with Crippen LogP contribution in [0.1, 0.15) is 36.7 Å². The zero-order chi connectivity index (χ0) is 13.4. The molecular weight excluding hydrogens is 238 g/mol. The van der Waals surface area contributed by atoms with Gasteiger partial charge < -0.3 is 10.3 Å². The molecule has 0 bridgehead atoms. The summed E-state index contributed by atoms with van der Waals surface area (Å²) >= 11 is 0. The van der Waals surface area contributed by atoms with Crippen molar-refractivity contribution in [3.05, 3.63) is 47.2 Å². The van der Waals surface area contributed by atoms with Crippen LogP contribution in [0.4, 0.5) is 5.88 Å². The maximum absolute atomic E-state index is 5.85. The lowest BCUT2D eigenvalue weighted by Crippen LogP contribution is -2.26. The topological polar surface area (TPSA) is 55.3 Å². The van der Waals surface area contributed by atoms with Gasteiger partial charge >= 0.3 is 0 Å². The van der Waals surface area contributed by atoms with E-state index in [1.54, 1.807) is 0 Å². The first kappa shape index (κ1) is 12.2. The van der Waals surface area contributed by atoms with Gasteiger partial charge in [0.25, 0.3) is 0 Å². The molecule has 3 rings (SSSR count). The van der Waals surface area contributed by atoms with Gasteiger partial charge in [0.05, 0.1) is 11.6 Å². The lowest BCUT2D eigenvalue weighted by atomic mass is 10.0. The van der Waals surface area contributed by atoms with Crippen molar-refractivity contribution in [1.82, 2.24) is 10.1 Å². The van der Waals surface area contributed by atoms with E-state index in [0.717, 1.165) is 24.3 Å². The molecule has 0 saturated heterocycles. The fourth-order valence-electron chi connectivity index (χ4n) is 2.91. The average molecular weight is 257 g/mol. The number of fused-ring (bicyclic) bond motifs is 1. The van der Waals surface area contributed by atoms with Gasteiger partial charge in [0.1, 0.15) is 5.69 Å². The normalized spacial score (nSPS) is 19.0. The van der Waals surface area contributed by atoms with Gasteiger partial charge in [-0.15, -0.1) is 0 Å². The molecule has 1 atom stereocenters. The Balaban J connectivity index is 1.87. The molecule has 0 amide bonds. The first-order valence-electron chi connectivity index (χ1n) is 6.68. The van der Waals surface area contributed by atoms with E-state index < -0.39 is 0 Å². The molecule has 1 aliphatic rings. The second kappa shape index (κ2) is 4.70. The van der Waals surface area contributed by atoms with Crippen molar-refractivity contribution in [3.63, 3.8) is 0 Å². The molecule has 19 heavy (non-hydrogen) atoms. The van der Waals surface area contributed by atoms with Crippen LogP contribution < -0.4 is 5.73 Å². The Morgan fingerprint density at radius 1 is 1.37 bits per heavy atom. The molecular formula is C15H19N3O. The van der Waals surface area contributed by atoms with Gasteiger partial charge in [0, 0.05) is 13.1 Å². The van der Waals surface area contributed by atoms with Gasteiger partial charge in [0.2, 0.25) is 5.88 Å². The standard InChI is InChI=1S/C15H19N3O/c1-10(2)14-13-12(15(16)19-17-13)9-18(14)8-11-6-4-3-5-7-11/h3-7,10,14H,8-9,16H2,1-2H3. The van der Waals surface area contributed by atoms with Crippen LogP contribution in [0.2, 0.25) is 0 Å². The number of nitrogens with two attached hydrogens (primary N) is 1. The summed E-state index contributed by atoms with van der Waals surface area (Å²) in [5.74, 6) is 0.950. The van der Waals surface area contributed by atoms with Crippen LogP contribution >= 0.6 is 0 Å². The summed E-state index contributed by atoms with van der Waals surface area (Å²) in [6.45, 7) is 6.16. The molecule has 100 valence electrons. The van der Waals surface area contributed by atoms with Gasteiger partial charge in [-0.2, -0.15) is 0 Å². The molecule has 0 spiro atoms. The number of rotatable bonds is 3. The maximum Gasteiger partial charge on any atom is 0.226 e. The minimum absolute atomic E-state index is 0.288. The maximum atomic E-state index is 5.85. The predicted molar refractivity (Wildman–Crippen MR) is 74.2 cm³/mol. The second-order valence-electron chi connectivity index (χ2n) is 5.49. The number of hydrogen-bond donors (Lipinski definition) is 1. The molecule has 0 radical (unpaired) electrons. The largest absolute Gasteiger partial charge is 0.367 e. The smallest absolute Gasteiger partial charge is 0.226 e. The highest BCUT2D eigenvalue weighted by Gasteiger charge is 2.37. The van der Waals surface area contributed by atoms with Crippen molar-refractivity contribution in [2.24, 2.45) is 5.92 Å². The van der Waals surface area contributed by atoms with Gasteiger partial charge in [-0.3, -0.25) is 4.90 Å². The lowest BCUT2D eigenvalue weighted by Gasteiger charge is -2.27. The van der Waals surface area contributed by atoms with E-state index in [1.165, 1.54) is 5.56 Å². The summed E-state index contributed by atoms with van der Waals surface area (Å²) in [6.07, 6.45) is 0. The van der Waals surface area contributed by atoms with Gasteiger partial charge in [-0.05, 0) is 11.5 Å². The number of anilines is 1. The molecule has 1 unspecified atom stereocenters. The molecule has 1 aromatic carbocycles. The van der Waals surface area contributed by atoms with E-state index in [4.69, 9.17) is 10.3 Å². The van der Waals surface area contributed by atoms with E-state index in [1.807, 2.05) is 6.07 Å². The number of benzene rings is 1. The number of aromatic nitrogens is 1. The Morgan fingerprint density at radius 2 is 2.11 bits per heavy atom. The summed E-state index contributed by atoms with van der Waals surface area (Å²) in [5.41, 5.74) is 9.25. The minimum Gasteiger partial charge on any atom is -0.367 e. The van der Waals surface area contributed by atoms with Crippen LogP contribution in [0.5, 0.6) is 0 Å². The van der Waals surface area contributed by atoms with Gasteiger partial charge in [-0.1, -0.05) is 49.3 Å². The number of nitrogen functional groups attached to an aromatic ring is 1. The molecule has 0 saturated carbocycles. The van der Waals surface area contributed by atoms with Gasteiger partial charge in [-0.25, -0.2) is 0 Å². The fourth-order valence-corrected chi connectivity index (χ4v) is 2.91. The summed E-state index contributed by atoms with van der Waals surface area (Å²) < 4.78 is 5.12. The van der Waals surface area contributed by atoms with Crippen molar-refractivity contribution in [2.75, 3.05) is 5.73 Å². The van der Waals surface area contributed by atoms with E-state index in [-0.39, 0.29) is 6.04 Å². The highest BCUT2D eigenvalue weighted by Crippen LogP contribution is 2.41. The van der Waals surface area contributed by atoms with Crippen molar-refractivity contribution >= 4 is 5.88 Å². The molecule has 2 N–H and O–H groups in total. The molecule has 4 heteroatoms. The lowest BCUT2D eigenvalue weighted by molar-refractivity contribution is 0.154. The summed E-state index contributed by atoms with van der Waals surface area (Å²) in [6, 6.07) is 10.8. The third kappa shape index (κ3) is 2.12. The first-order valence-corrected chi connectivity index (χ1v) is 6.68. The Morgan fingerprint density at radius 3 is 2.79 bits per heavy atom. The molecule has 0 fully saturated rings. The van der Waals surface area contributed by atoms with Crippen molar-refractivity contribution < 1.29 is 4.52 Å². The van der Waals surface area contributed by atoms with Crippen LogP contribution in [0, 0.1) is 5.92 Å². The molecule has 2 heterocycles. The third-order valence-corrected chi connectivity index (χ3v) is 3.74. The van der Waals surface area contributed by atoms with Crippen molar-refractivity contribution in [3.8, 4) is 0 Å². The van der Waals surface area contributed by atoms with E-state index >= 15 is 0 Å². The highest BCUT2D eigenvalue weighted by atomic mass is 16.5. The third-order valence-electron chi connectivity index (χ3n) is 3.74. The van der Waals surface area contributed by atoms with Crippen LogP contribution in [0.3, 0.4) is 0 Å². The first-order chi connectivity index (χ1) is 9.16. The summed E-state index contributed by atoms with van der Waals surface area (Å²) in [7, 11) is 0. The summed E-state index contributed by atoms with van der Waals surface area (Å²) in [5, 5.41) is 4.15. The molecule has 1 aromatic heterocycles. The average Bonchev–Trinajstić information content (AvgIpc) is 2.91. The Labute approximate surface area is 113 Å². The second-order valence-corrected chi connectivity index (χ2v) is 5.49. The number of hydrogen-bond acceptors (Lipinski definition) is 4. The van der Waals surface area contributed by atoms with Crippen LogP contribution in [-0.2, 0) is 13.1 Å². The quantitative estimate of drug-likeness (QED) is 0.918. The Hall–Kier alpha value is -1.81. The van der Waals surface area contributed by atoms with Crippen LogP contribution in [-0.4, -0.2) is 10.1 Å².